The van der Waals surface area contributed by atoms with E-state index in [2.05, 4.69) is 90.9 Å². The Kier molecular flexibility index (Phi) is 39.0. The summed E-state index contributed by atoms with van der Waals surface area (Å²) in [7, 11) is -5.07. The molecule has 0 saturated carbocycles. The summed E-state index contributed by atoms with van der Waals surface area (Å²) < 4.78 is 59.1. The van der Waals surface area contributed by atoms with Crippen LogP contribution in [0.15, 0.2) is 72.9 Å². The van der Waals surface area contributed by atoms with E-state index < -0.39 is 59.8 Å². The lowest BCUT2D eigenvalue weighted by Gasteiger charge is -2.41. The molecular weight excluding hydrogens is 837 g/mol. The summed E-state index contributed by atoms with van der Waals surface area (Å²) in [6, 6.07) is 0. The second kappa shape index (κ2) is 41.9. The molecule has 1 aliphatic heterocycles. The lowest BCUT2D eigenvalue weighted by atomic mass is 9.99. The standard InChI is InChI=1S/C51H88O12S/c1-3-5-7-9-11-13-15-17-19-20-21-22-23-24-25-27-29-31-33-35-37-39-41-59-43-45(44-60-51-49(55)50(63-64(56,57)58)48(54)46(42-52)62-51)61-47(53)40-38-36-34-32-30-28-26-18-16-14-12-10-8-6-4-2/h6,8,12,14-15,17-18,20-21,26,30,32,45-46,48-52,54-55H,3-5,7,9-11,13,16,19,22-25,27-29,31,33-44H2,1-2H3,(H,56,57,58)/b8-6-,14-12-,17-15-,21-20-,26-18-,32-30-. The Hall–Kier alpha value is -2.46. The van der Waals surface area contributed by atoms with Crippen molar-refractivity contribution in [3.8, 4) is 0 Å². The van der Waals surface area contributed by atoms with Crippen molar-refractivity contribution in [2.24, 2.45) is 0 Å². The Labute approximate surface area is 388 Å². The number of hydrogen-bond donors (Lipinski definition) is 4. The van der Waals surface area contributed by atoms with E-state index in [-0.39, 0.29) is 19.6 Å². The molecule has 6 atom stereocenters. The highest BCUT2D eigenvalue weighted by Gasteiger charge is 2.48. The van der Waals surface area contributed by atoms with E-state index in [1.807, 2.05) is 0 Å². The number of unbranched alkanes of at least 4 members (excludes halogenated alkanes) is 17. The number of rotatable bonds is 42. The third kappa shape index (κ3) is 34.8. The predicted octanol–water partition coefficient (Wildman–Crippen LogP) is 11.1. The molecule has 370 valence electrons. The van der Waals surface area contributed by atoms with Gasteiger partial charge >= 0.3 is 16.4 Å². The zero-order valence-electron chi connectivity index (χ0n) is 39.6. The smallest absolute Gasteiger partial charge is 0.397 e. The van der Waals surface area contributed by atoms with Crippen LogP contribution in [0.1, 0.15) is 181 Å². The topological polar surface area (TPSA) is 178 Å². The molecular formula is C51H88O12S. The quantitative estimate of drug-likeness (QED) is 0.0197. The van der Waals surface area contributed by atoms with Crippen LogP contribution in [-0.2, 0) is 38.3 Å². The summed E-state index contributed by atoms with van der Waals surface area (Å²) >= 11 is 0. The number of allylic oxidation sites excluding steroid dienone is 12. The second-order valence-corrected chi connectivity index (χ2v) is 17.7. The van der Waals surface area contributed by atoms with Gasteiger partial charge in [-0.2, -0.15) is 8.42 Å². The number of esters is 1. The van der Waals surface area contributed by atoms with Gasteiger partial charge in [0.1, 0.15) is 30.5 Å². The first kappa shape index (κ1) is 59.6. The highest BCUT2D eigenvalue weighted by Crippen LogP contribution is 2.26. The van der Waals surface area contributed by atoms with Crippen LogP contribution in [-0.4, -0.2) is 97.5 Å². The molecule has 1 rings (SSSR count). The summed E-state index contributed by atoms with van der Waals surface area (Å²) in [4.78, 5) is 12.9. The minimum Gasteiger partial charge on any atom is -0.457 e. The molecule has 12 nitrogen and oxygen atoms in total. The van der Waals surface area contributed by atoms with E-state index in [1.165, 1.54) is 89.9 Å². The monoisotopic (exact) mass is 925 g/mol. The molecule has 0 bridgehead atoms. The molecule has 0 aromatic heterocycles. The molecule has 0 aromatic carbocycles. The van der Waals surface area contributed by atoms with Gasteiger partial charge in [0.15, 0.2) is 6.29 Å². The maximum absolute atomic E-state index is 12.9. The molecule has 0 radical (unpaired) electrons. The maximum Gasteiger partial charge on any atom is 0.397 e. The average Bonchev–Trinajstić information content (AvgIpc) is 3.27. The van der Waals surface area contributed by atoms with Crippen LogP contribution < -0.4 is 0 Å². The fourth-order valence-electron chi connectivity index (χ4n) is 7.10. The van der Waals surface area contributed by atoms with Gasteiger partial charge in [-0.1, -0.05) is 164 Å². The molecule has 64 heavy (non-hydrogen) atoms. The Bertz CT molecular complexity index is 1390. The molecule has 0 aromatic rings. The van der Waals surface area contributed by atoms with Crippen molar-refractivity contribution >= 4 is 16.4 Å². The van der Waals surface area contributed by atoms with Crippen LogP contribution in [0.25, 0.3) is 0 Å². The highest BCUT2D eigenvalue weighted by molar-refractivity contribution is 7.80. The number of ether oxygens (including phenoxy) is 4. The van der Waals surface area contributed by atoms with Crippen LogP contribution in [0.4, 0.5) is 0 Å². The van der Waals surface area contributed by atoms with Gasteiger partial charge in [0.05, 0.1) is 19.8 Å². The minimum absolute atomic E-state index is 0.0135. The van der Waals surface area contributed by atoms with E-state index >= 15 is 0 Å². The Morgan fingerprint density at radius 1 is 0.609 bits per heavy atom. The predicted molar refractivity (Wildman–Crippen MR) is 257 cm³/mol. The molecule has 0 amide bonds. The van der Waals surface area contributed by atoms with Gasteiger partial charge in [-0.25, -0.2) is 4.18 Å². The number of aliphatic hydroxyl groups excluding tert-OH is 3. The van der Waals surface area contributed by atoms with Crippen LogP contribution in [0.5, 0.6) is 0 Å². The van der Waals surface area contributed by atoms with Crippen molar-refractivity contribution in [2.75, 3.05) is 26.4 Å². The molecule has 1 aliphatic rings. The third-order valence-corrected chi connectivity index (χ3v) is 11.3. The SMILES string of the molecule is CC/C=C\C/C=C\C/C=C\C/C=C\CCCCC(=O)OC(COCCCCCCCCCCCC/C=C\C/C=C\CCCCCCC)COC1OC(CO)C(O)C(OS(=O)(=O)O)C1O. The van der Waals surface area contributed by atoms with E-state index in [1.54, 1.807) is 0 Å². The van der Waals surface area contributed by atoms with Crippen LogP contribution in [0.3, 0.4) is 0 Å². The van der Waals surface area contributed by atoms with Crippen molar-refractivity contribution in [2.45, 2.75) is 218 Å². The molecule has 1 heterocycles. The summed E-state index contributed by atoms with van der Waals surface area (Å²) in [6.07, 6.45) is 45.1. The van der Waals surface area contributed by atoms with Gasteiger partial charge in [-0.05, 0) is 83.5 Å². The van der Waals surface area contributed by atoms with Gasteiger partial charge < -0.3 is 34.3 Å². The normalized spacial score (nSPS) is 20.4. The lowest BCUT2D eigenvalue weighted by Crippen LogP contribution is -2.60. The van der Waals surface area contributed by atoms with Crippen molar-refractivity contribution in [3.05, 3.63) is 72.9 Å². The first-order chi connectivity index (χ1) is 31.1. The van der Waals surface area contributed by atoms with Gasteiger partial charge in [0.2, 0.25) is 0 Å². The molecule has 4 N–H and O–H groups in total. The molecule has 1 fully saturated rings. The van der Waals surface area contributed by atoms with Crippen LogP contribution in [0.2, 0.25) is 0 Å². The number of carbonyl (C=O) groups is 1. The molecule has 13 heteroatoms. The van der Waals surface area contributed by atoms with E-state index in [4.69, 9.17) is 18.9 Å². The molecule has 0 spiro atoms. The number of aliphatic hydroxyl groups is 3. The largest absolute Gasteiger partial charge is 0.457 e. The molecule has 6 unspecified atom stereocenters. The fourth-order valence-corrected chi connectivity index (χ4v) is 7.61. The summed E-state index contributed by atoms with van der Waals surface area (Å²) in [5.74, 6) is -0.442. The lowest BCUT2D eigenvalue weighted by molar-refractivity contribution is -0.301. The van der Waals surface area contributed by atoms with Crippen molar-refractivity contribution in [3.63, 3.8) is 0 Å². The summed E-state index contributed by atoms with van der Waals surface area (Å²) in [5.41, 5.74) is 0. The van der Waals surface area contributed by atoms with Gasteiger partial charge in [-0.15, -0.1) is 0 Å². The zero-order chi connectivity index (χ0) is 46.8. The van der Waals surface area contributed by atoms with Gasteiger partial charge in [0, 0.05) is 13.0 Å². The average molecular weight is 925 g/mol. The van der Waals surface area contributed by atoms with Gasteiger partial charge in [0.25, 0.3) is 0 Å². The summed E-state index contributed by atoms with van der Waals surface area (Å²) in [6.45, 7) is 3.80. The highest BCUT2D eigenvalue weighted by atomic mass is 32.3. The van der Waals surface area contributed by atoms with Gasteiger partial charge in [-0.3, -0.25) is 9.35 Å². The molecule has 1 saturated heterocycles. The Morgan fingerprint density at radius 2 is 1.08 bits per heavy atom. The Balaban J connectivity index is 2.39. The minimum atomic E-state index is -5.07. The Morgan fingerprint density at radius 3 is 1.58 bits per heavy atom. The molecule has 0 aliphatic carbocycles. The van der Waals surface area contributed by atoms with E-state index in [0.29, 0.717) is 13.0 Å². The van der Waals surface area contributed by atoms with E-state index in [0.717, 1.165) is 64.2 Å². The van der Waals surface area contributed by atoms with Crippen LogP contribution >= 0.6 is 0 Å². The first-order valence-corrected chi connectivity index (χ1v) is 26.1. The fraction of sp³-hybridized carbons (Fsp3) is 0.745. The number of hydrogen-bond acceptors (Lipinski definition) is 11. The van der Waals surface area contributed by atoms with E-state index in [9.17, 15) is 33.1 Å². The zero-order valence-corrected chi connectivity index (χ0v) is 40.4. The third-order valence-electron chi connectivity index (χ3n) is 10.8. The number of carbonyl (C=O) groups excluding carboxylic acids is 1. The van der Waals surface area contributed by atoms with Crippen LogP contribution in [0, 0.1) is 0 Å². The second-order valence-electron chi connectivity index (χ2n) is 16.7. The van der Waals surface area contributed by atoms with Crippen molar-refractivity contribution in [1.82, 2.24) is 0 Å². The van der Waals surface area contributed by atoms with Crippen molar-refractivity contribution < 1.29 is 56.2 Å². The summed E-state index contributed by atoms with van der Waals surface area (Å²) in [5, 5.41) is 30.7. The first-order valence-electron chi connectivity index (χ1n) is 24.7. The van der Waals surface area contributed by atoms with Crippen molar-refractivity contribution in [1.29, 1.82) is 0 Å². The maximum atomic E-state index is 12.9.